The molecule has 0 saturated heterocycles. The molecule has 0 aliphatic heterocycles. The third kappa shape index (κ3) is 4.99. The summed E-state index contributed by atoms with van der Waals surface area (Å²) in [5.41, 5.74) is 7.82. The van der Waals surface area contributed by atoms with E-state index in [1.165, 1.54) is 10.8 Å². The molecule has 0 heterocycles. The molecule has 0 spiro atoms. The van der Waals surface area contributed by atoms with Crippen LogP contribution < -0.4 is 15.8 Å². The largest absolute Gasteiger partial charge is 0.495 e. The lowest BCUT2D eigenvalue weighted by Crippen LogP contribution is -2.22. The first-order valence-electron chi connectivity index (χ1n) is 7.54. The van der Waals surface area contributed by atoms with E-state index in [1.807, 2.05) is 18.2 Å². The molecule has 0 radical (unpaired) electrons. The van der Waals surface area contributed by atoms with Gasteiger partial charge >= 0.3 is 0 Å². The van der Waals surface area contributed by atoms with E-state index in [4.69, 9.17) is 22.1 Å². The van der Waals surface area contributed by atoms with E-state index < -0.39 is 0 Å². The Morgan fingerprint density at radius 2 is 1.84 bits per heavy atom. The zero-order chi connectivity index (χ0) is 16.9. The molecule has 0 unspecified atom stereocenters. The molecule has 4 nitrogen and oxygen atoms in total. The summed E-state index contributed by atoms with van der Waals surface area (Å²) in [6.45, 7) is 0.507. The van der Waals surface area contributed by atoms with Gasteiger partial charge in [-0.05, 0) is 40.6 Å². The van der Waals surface area contributed by atoms with E-state index in [-0.39, 0.29) is 24.0 Å². The standard InChI is InChI=1S/C19H18ClN3O.HI/c1-24-18-9-8-16(11-17(18)20)23-19(21)22-12-13-6-7-14-4-2-3-5-15(14)10-13;/h2-11H,12H2,1H3,(H3,21,22,23);1H. The van der Waals surface area contributed by atoms with Gasteiger partial charge in [-0.2, -0.15) is 0 Å². The third-order valence-electron chi connectivity index (χ3n) is 3.67. The molecule has 130 valence electrons. The van der Waals surface area contributed by atoms with Crippen molar-refractivity contribution >= 4 is 58.0 Å². The van der Waals surface area contributed by atoms with Crippen LogP contribution in [-0.4, -0.2) is 13.1 Å². The van der Waals surface area contributed by atoms with Gasteiger partial charge in [0.2, 0.25) is 0 Å². The number of benzene rings is 3. The fourth-order valence-electron chi connectivity index (χ4n) is 2.45. The quantitative estimate of drug-likeness (QED) is 0.321. The SMILES string of the molecule is COc1ccc(NC(N)=NCc2ccc3ccccc3c2)cc1Cl.I. The van der Waals surface area contributed by atoms with Crippen molar-refractivity contribution < 1.29 is 4.74 Å². The Hall–Kier alpha value is -1.99. The van der Waals surface area contributed by atoms with Gasteiger partial charge in [0.25, 0.3) is 0 Å². The number of hydrogen-bond acceptors (Lipinski definition) is 2. The molecule has 3 N–H and O–H groups in total. The normalized spacial score (nSPS) is 11.0. The Bertz CT molecular complexity index is 899. The van der Waals surface area contributed by atoms with E-state index in [0.29, 0.717) is 23.3 Å². The highest BCUT2D eigenvalue weighted by Crippen LogP contribution is 2.27. The first-order chi connectivity index (χ1) is 11.7. The van der Waals surface area contributed by atoms with Gasteiger partial charge in [0.05, 0.1) is 18.7 Å². The lowest BCUT2D eigenvalue weighted by Gasteiger charge is -2.08. The van der Waals surface area contributed by atoms with Crippen molar-refractivity contribution in [2.24, 2.45) is 10.7 Å². The Morgan fingerprint density at radius 3 is 2.56 bits per heavy atom. The summed E-state index contributed by atoms with van der Waals surface area (Å²) in [7, 11) is 1.58. The van der Waals surface area contributed by atoms with E-state index in [1.54, 1.807) is 19.2 Å². The molecule has 0 aliphatic rings. The zero-order valence-corrected chi connectivity index (χ0v) is 16.8. The fourth-order valence-corrected chi connectivity index (χ4v) is 2.70. The number of aliphatic imine (C=N–C) groups is 1. The molecule has 0 aliphatic carbocycles. The van der Waals surface area contributed by atoms with Crippen molar-refractivity contribution in [1.82, 2.24) is 0 Å². The van der Waals surface area contributed by atoms with Crippen LogP contribution in [0.3, 0.4) is 0 Å². The lowest BCUT2D eigenvalue weighted by atomic mass is 10.1. The predicted octanol–water partition coefficient (Wildman–Crippen LogP) is 5.05. The highest BCUT2D eigenvalue weighted by atomic mass is 127. The van der Waals surface area contributed by atoms with Gasteiger partial charge in [0.15, 0.2) is 5.96 Å². The van der Waals surface area contributed by atoms with Crippen LogP contribution in [0.5, 0.6) is 5.75 Å². The van der Waals surface area contributed by atoms with Crippen LogP contribution in [0.1, 0.15) is 5.56 Å². The first-order valence-corrected chi connectivity index (χ1v) is 7.91. The van der Waals surface area contributed by atoms with Crippen molar-refractivity contribution in [3.8, 4) is 5.75 Å². The van der Waals surface area contributed by atoms with Crippen molar-refractivity contribution in [2.75, 3.05) is 12.4 Å². The second-order valence-corrected chi connectivity index (χ2v) is 5.76. The van der Waals surface area contributed by atoms with Gasteiger partial charge in [-0.25, -0.2) is 4.99 Å². The highest BCUT2D eigenvalue weighted by Gasteiger charge is 2.03. The van der Waals surface area contributed by atoms with Gasteiger partial charge < -0.3 is 15.8 Å². The summed E-state index contributed by atoms with van der Waals surface area (Å²) in [5.74, 6) is 0.957. The Morgan fingerprint density at radius 1 is 1.08 bits per heavy atom. The highest BCUT2D eigenvalue weighted by molar-refractivity contribution is 14.0. The number of halogens is 2. The van der Waals surface area contributed by atoms with Crippen LogP contribution in [0.25, 0.3) is 10.8 Å². The number of nitrogens with two attached hydrogens (primary N) is 1. The van der Waals surface area contributed by atoms with Crippen LogP contribution in [0.15, 0.2) is 65.7 Å². The zero-order valence-electron chi connectivity index (χ0n) is 13.7. The Balaban J connectivity index is 0.00000225. The van der Waals surface area contributed by atoms with E-state index in [2.05, 4.69) is 40.6 Å². The Labute approximate surface area is 169 Å². The maximum absolute atomic E-state index is 6.10. The van der Waals surface area contributed by atoms with E-state index in [0.717, 1.165) is 11.3 Å². The molecular formula is C19H19ClIN3O. The summed E-state index contributed by atoms with van der Waals surface area (Å²) >= 11 is 6.10. The second-order valence-electron chi connectivity index (χ2n) is 5.36. The molecule has 3 aromatic rings. The van der Waals surface area contributed by atoms with Gasteiger partial charge in [-0.3, -0.25) is 0 Å². The molecule has 0 atom stereocenters. The molecule has 6 heteroatoms. The number of anilines is 1. The second kappa shape index (κ2) is 8.92. The van der Waals surface area contributed by atoms with Gasteiger partial charge in [-0.15, -0.1) is 24.0 Å². The van der Waals surface area contributed by atoms with Crippen molar-refractivity contribution in [3.63, 3.8) is 0 Å². The lowest BCUT2D eigenvalue weighted by molar-refractivity contribution is 0.415. The monoisotopic (exact) mass is 467 g/mol. The Kier molecular flexibility index (Phi) is 6.90. The molecule has 0 fully saturated rings. The van der Waals surface area contributed by atoms with Crippen molar-refractivity contribution in [1.29, 1.82) is 0 Å². The molecule has 25 heavy (non-hydrogen) atoms. The van der Waals surface area contributed by atoms with Crippen LogP contribution in [0.4, 0.5) is 5.69 Å². The van der Waals surface area contributed by atoms with Crippen LogP contribution in [0, 0.1) is 0 Å². The molecule has 0 saturated carbocycles. The number of methoxy groups -OCH3 is 1. The van der Waals surface area contributed by atoms with Gasteiger partial charge in [0.1, 0.15) is 5.75 Å². The van der Waals surface area contributed by atoms with E-state index >= 15 is 0 Å². The average Bonchev–Trinajstić information content (AvgIpc) is 2.60. The summed E-state index contributed by atoms with van der Waals surface area (Å²) < 4.78 is 5.12. The molecule has 3 rings (SSSR count). The smallest absolute Gasteiger partial charge is 0.193 e. The number of nitrogens with one attached hydrogen (secondary N) is 1. The maximum atomic E-state index is 6.10. The van der Waals surface area contributed by atoms with Crippen molar-refractivity contribution in [3.05, 3.63) is 71.2 Å². The number of guanidine groups is 1. The van der Waals surface area contributed by atoms with Crippen LogP contribution in [0.2, 0.25) is 5.02 Å². The minimum atomic E-state index is 0. The molecular weight excluding hydrogens is 449 g/mol. The van der Waals surface area contributed by atoms with E-state index in [9.17, 15) is 0 Å². The molecule has 0 amide bonds. The predicted molar refractivity (Wildman–Crippen MR) is 116 cm³/mol. The van der Waals surface area contributed by atoms with Gasteiger partial charge in [-0.1, -0.05) is 48.0 Å². The fraction of sp³-hybridized carbons (Fsp3) is 0.105. The van der Waals surface area contributed by atoms with Crippen LogP contribution >= 0.6 is 35.6 Å². The average molecular weight is 468 g/mol. The molecule has 0 aromatic heterocycles. The summed E-state index contributed by atoms with van der Waals surface area (Å²) in [6.07, 6.45) is 0. The number of nitrogens with zero attached hydrogens (tertiary/aromatic N) is 1. The van der Waals surface area contributed by atoms with Crippen molar-refractivity contribution in [2.45, 2.75) is 6.54 Å². The minimum Gasteiger partial charge on any atom is -0.495 e. The molecule has 3 aromatic carbocycles. The third-order valence-corrected chi connectivity index (χ3v) is 3.97. The maximum Gasteiger partial charge on any atom is 0.193 e. The summed E-state index contributed by atoms with van der Waals surface area (Å²) in [5, 5.41) is 5.95. The molecule has 0 bridgehead atoms. The minimum absolute atomic E-state index is 0. The first kappa shape index (κ1) is 19.3. The summed E-state index contributed by atoms with van der Waals surface area (Å²) in [6, 6.07) is 19.9. The van der Waals surface area contributed by atoms with Gasteiger partial charge in [0, 0.05) is 5.69 Å². The number of rotatable bonds is 4. The number of hydrogen-bond donors (Lipinski definition) is 2. The topological polar surface area (TPSA) is 59.6 Å². The number of fused-ring (bicyclic) bond motifs is 1. The summed E-state index contributed by atoms with van der Waals surface area (Å²) in [4.78, 5) is 4.38. The number of ether oxygens (including phenoxy) is 1. The van der Waals surface area contributed by atoms with Crippen LogP contribution in [-0.2, 0) is 6.54 Å².